The summed E-state index contributed by atoms with van der Waals surface area (Å²) in [7, 11) is 0. The molecule has 1 unspecified atom stereocenters. The lowest BCUT2D eigenvalue weighted by Crippen LogP contribution is -2.40. The van der Waals surface area contributed by atoms with E-state index in [0.29, 0.717) is 17.1 Å². The molecule has 1 aliphatic heterocycles. The molecule has 3 rings (SSSR count). The van der Waals surface area contributed by atoms with E-state index < -0.39 is 0 Å². The van der Waals surface area contributed by atoms with Gasteiger partial charge in [-0.2, -0.15) is 0 Å². The van der Waals surface area contributed by atoms with Crippen LogP contribution in [0.3, 0.4) is 0 Å². The van der Waals surface area contributed by atoms with Crippen molar-refractivity contribution in [2.45, 2.75) is 45.1 Å². The normalized spacial score (nSPS) is 21.5. The van der Waals surface area contributed by atoms with Crippen molar-refractivity contribution in [1.29, 1.82) is 0 Å². The van der Waals surface area contributed by atoms with Crippen LogP contribution in [0.1, 0.15) is 37.6 Å². The number of nitrogens with one attached hydrogen (secondary N) is 1. The third-order valence-electron chi connectivity index (χ3n) is 3.87. The Balaban J connectivity index is 1.57. The van der Waals surface area contributed by atoms with Crippen LogP contribution in [-0.4, -0.2) is 46.9 Å². The highest BCUT2D eigenvalue weighted by Gasteiger charge is 2.35. The van der Waals surface area contributed by atoms with E-state index in [1.54, 1.807) is 0 Å². The SMILES string of the molecule is CCCc1nnc(NC(=O)N(CC2CCOC2)C2CC2)s1. The average Bonchev–Trinajstić information content (AvgIpc) is 2.99. The summed E-state index contributed by atoms with van der Waals surface area (Å²) < 4.78 is 5.41. The van der Waals surface area contributed by atoms with Gasteiger partial charge in [0, 0.05) is 31.5 Å². The Labute approximate surface area is 128 Å². The number of amides is 2. The number of rotatable bonds is 6. The van der Waals surface area contributed by atoms with Crippen LogP contribution >= 0.6 is 11.3 Å². The summed E-state index contributed by atoms with van der Waals surface area (Å²) in [5.74, 6) is 0.474. The molecule has 0 bridgehead atoms. The van der Waals surface area contributed by atoms with Gasteiger partial charge in [0.05, 0.1) is 6.61 Å². The largest absolute Gasteiger partial charge is 0.381 e. The van der Waals surface area contributed by atoms with Crippen LogP contribution in [0.5, 0.6) is 0 Å². The van der Waals surface area contributed by atoms with Crippen molar-refractivity contribution in [3.05, 3.63) is 5.01 Å². The minimum Gasteiger partial charge on any atom is -0.381 e. The number of aryl methyl sites for hydroxylation is 1. The lowest BCUT2D eigenvalue weighted by Gasteiger charge is -2.24. The van der Waals surface area contributed by atoms with Crippen LogP contribution in [-0.2, 0) is 11.2 Å². The van der Waals surface area contributed by atoms with Gasteiger partial charge in [-0.15, -0.1) is 10.2 Å². The minimum atomic E-state index is -0.0383. The predicted molar refractivity (Wildman–Crippen MR) is 81.6 cm³/mol. The van der Waals surface area contributed by atoms with Crippen molar-refractivity contribution in [3.8, 4) is 0 Å². The third-order valence-corrected chi connectivity index (χ3v) is 4.77. The molecular weight excluding hydrogens is 288 g/mol. The van der Waals surface area contributed by atoms with Crippen molar-refractivity contribution in [2.75, 3.05) is 25.1 Å². The van der Waals surface area contributed by atoms with E-state index in [0.717, 1.165) is 56.9 Å². The summed E-state index contributed by atoms with van der Waals surface area (Å²) >= 11 is 1.47. The molecular formula is C14H22N4O2S. The second-order valence-corrected chi connectivity index (χ2v) is 6.86. The molecule has 0 radical (unpaired) electrons. The Hall–Kier alpha value is -1.21. The van der Waals surface area contributed by atoms with Crippen molar-refractivity contribution in [1.82, 2.24) is 15.1 Å². The Morgan fingerprint density at radius 2 is 2.29 bits per heavy atom. The number of aromatic nitrogens is 2. The van der Waals surface area contributed by atoms with Crippen LogP contribution in [0.2, 0.25) is 0 Å². The second kappa shape index (κ2) is 6.70. The molecule has 0 aromatic carbocycles. The summed E-state index contributed by atoms with van der Waals surface area (Å²) in [6, 6.07) is 0.359. The molecule has 1 aliphatic carbocycles. The first-order valence-corrected chi connectivity index (χ1v) is 8.55. The first-order chi connectivity index (χ1) is 10.3. The van der Waals surface area contributed by atoms with Gasteiger partial charge in [0.15, 0.2) is 0 Å². The molecule has 116 valence electrons. The highest BCUT2D eigenvalue weighted by Crippen LogP contribution is 2.30. The molecule has 7 heteroatoms. The lowest BCUT2D eigenvalue weighted by molar-refractivity contribution is 0.167. The van der Waals surface area contributed by atoms with Gasteiger partial charge in [0.1, 0.15) is 5.01 Å². The molecule has 1 saturated heterocycles. The van der Waals surface area contributed by atoms with Gasteiger partial charge in [-0.3, -0.25) is 5.32 Å². The molecule has 2 heterocycles. The Morgan fingerprint density at radius 3 is 2.95 bits per heavy atom. The van der Waals surface area contributed by atoms with Gasteiger partial charge in [-0.25, -0.2) is 4.79 Å². The molecule has 2 amide bonds. The van der Waals surface area contributed by atoms with Crippen molar-refractivity contribution in [3.63, 3.8) is 0 Å². The number of urea groups is 1. The van der Waals surface area contributed by atoms with E-state index in [1.807, 2.05) is 4.90 Å². The van der Waals surface area contributed by atoms with E-state index in [-0.39, 0.29) is 6.03 Å². The number of nitrogens with zero attached hydrogens (tertiary/aromatic N) is 3. The van der Waals surface area contributed by atoms with Crippen molar-refractivity contribution in [2.24, 2.45) is 5.92 Å². The molecule has 1 atom stereocenters. The molecule has 1 saturated carbocycles. The minimum absolute atomic E-state index is 0.0383. The van der Waals surface area contributed by atoms with Crippen LogP contribution < -0.4 is 5.32 Å². The number of ether oxygens (including phenoxy) is 1. The molecule has 2 aliphatic rings. The second-order valence-electron chi connectivity index (χ2n) is 5.79. The first-order valence-electron chi connectivity index (χ1n) is 7.74. The molecule has 1 aromatic rings. The van der Waals surface area contributed by atoms with E-state index >= 15 is 0 Å². The Morgan fingerprint density at radius 1 is 1.43 bits per heavy atom. The monoisotopic (exact) mass is 310 g/mol. The molecule has 21 heavy (non-hydrogen) atoms. The quantitative estimate of drug-likeness (QED) is 0.876. The Bertz CT molecular complexity index is 483. The number of anilines is 1. The number of carbonyl (C=O) groups is 1. The van der Waals surface area contributed by atoms with Gasteiger partial charge >= 0.3 is 6.03 Å². The lowest BCUT2D eigenvalue weighted by atomic mass is 10.1. The van der Waals surface area contributed by atoms with Crippen LogP contribution in [0.4, 0.5) is 9.93 Å². The van der Waals surface area contributed by atoms with Gasteiger partial charge in [-0.1, -0.05) is 18.3 Å². The summed E-state index contributed by atoms with van der Waals surface area (Å²) in [6.07, 6.45) is 5.23. The Kier molecular flexibility index (Phi) is 4.70. The number of carbonyl (C=O) groups excluding carboxylic acids is 1. The topological polar surface area (TPSA) is 67.4 Å². The maximum atomic E-state index is 12.5. The molecule has 1 aromatic heterocycles. The van der Waals surface area contributed by atoms with Crippen LogP contribution in [0.25, 0.3) is 0 Å². The van der Waals surface area contributed by atoms with E-state index in [4.69, 9.17) is 4.74 Å². The van der Waals surface area contributed by atoms with Gasteiger partial charge in [0.25, 0.3) is 0 Å². The molecule has 6 nitrogen and oxygen atoms in total. The smallest absolute Gasteiger partial charge is 0.323 e. The fraction of sp³-hybridized carbons (Fsp3) is 0.786. The highest BCUT2D eigenvalue weighted by atomic mass is 32.1. The number of hydrogen-bond donors (Lipinski definition) is 1. The van der Waals surface area contributed by atoms with E-state index in [2.05, 4.69) is 22.4 Å². The fourth-order valence-electron chi connectivity index (χ4n) is 2.57. The fourth-order valence-corrected chi connectivity index (χ4v) is 3.40. The van der Waals surface area contributed by atoms with Crippen molar-refractivity contribution < 1.29 is 9.53 Å². The third kappa shape index (κ3) is 3.91. The standard InChI is InChI=1S/C14H22N4O2S/c1-2-3-12-16-17-13(21-12)15-14(19)18(11-4-5-11)8-10-6-7-20-9-10/h10-11H,2-9H2,1H3,(H,15,17,19). The highest BCUT2D eigenvalue weighted by molar-refractivity contribution is 7.15. The van der Waals surface area contributed by atoms with Crippen molar-refractivity contribution >= 4 is 22.5 Å². The van der Waals surface area contributed by atoms with Gasteiger partial charge in [0.2, 0.25) is 5.13 Å². The average molecular weight is 310 g/mol. The van der Waals surface area contributed by atoms with Crippen LogP contribution in [0.15, 0.2) is 0 Å². The van der Waals surface area contributed by atoms with Gasteiger partial charge in [-0.05, 0) is 25.7 Å². The van der Waals surface area contributed by atoms with E-state index in [1.165, 1.54) is 11.3 Å². The first kappa shape index (κ1) is 14.7. The zero-order valence-corrected chi connectivity index (χ0v) is 13.2. The van der Waals surface area contributed by atoms with E-state index in [9.17, 15) is 4.79 Å². The molecule has 2 fully saturated rings. The number of hydrogen-bond acceptors (Lipinski definition) is 5. The predicted octanol–water partition coefficient (Wildman–Crippen LogP) is 2.52. The van der Waals surface area contributed by atoms with Gasteiger partial charge < -0.3 is 9.64 Å². The summed E-state index contributed by atoms with van der Waals surface area (Å²) in [5.41, 5.74) is 0. The maximum absolute atomic E-state index is 12.5. The molecule has 1 N–H and O–H groups in total. The summed E-state index contributed by atoms with van der Waals surface area (Å²) in [5, 5.41) is 12.6. The maximum Gasteiger partial charge on any atom is 0.323 e. The molecule has 0 spiro atoms. The zero-order chi connectivity index (χ0) is 14.7. The van der Waals surface area contributed by atoms with Crippen LogP contribution in [0, 0.1) is 5.92 Å². The zero-order valence-electron chi connectivity index (χ0n) is 12.4. The summed E-state index contributed by atoms with van der Waals surface area (Å²) in [6.45, 7) is 4.49. The summed E-state index contributed by atoms with van der Waals surface area (Å²) in [4.78, 5) is 14.4.